The Kier molecular flexibility index (Phi) is 3.30. The highest BCUT2D eigenvalue weighted by atomic mass is 79.9. The van der Waals surface area contributed by atoms with Gasteiger partial charge in [-0.2, -0.15) is 0 Å². The third-order valence-electron chi connectivity index (χ3n) is 2.78. The van der Waals surface area contributed by atoms with Crippen molar-refractivity contribution in [2.75, 3.05) is 5.73 Å². The van der Waals surface area contributed by atoms with E-state index in [0.29, 0.717) is 5.92 Å². The van der Waals surface area contributed by atoms with E-state index in [1.165, 1.54) is 11.1 Å². The summed E-state index contributed by atoms with van der Waals surface area (Å²) in [6, 6.07) is 16.5. The number of anilines is 1. The lowest BCUT2D eigenvalue weighted by molar-refractivity contribution is 0.922. The molecule has 0 heterocycles. The lowest BCUT2D eigenvalue weighted by Crippen LogP contribution is -1.97. The third kappa shape index (κ3) is 2.45. The molecule has 0 amide bonds. The molecule has 1 atom stereocenters. The molecule has 0 spiro atoms. The van der Waals surface area contributed by atoms with Gasteiger partial charge in [0, 0.05) is 16.1 Å². The molecule has 2 N–H and O–H groups in total. The number of nitrogens with two attached hydrogens (primary N) is 1. The third-order valence-corrected chi connectivity index (χ3v) is 3.31. The maximum atomic E-state index is 5.79. The van der Waals surface area contributed by atoms with Crippen molar-refractivity contribution in [2.24, 2.45) is 0 Å². The van der Waals surface area contributed by atoms with E-state index >= 15 is 0 Å². The zero-order chi connectivity index (χ0) is 11.5. The van der Waals surface area contributed by atoms with E-state index in [1.807, 2.05) is 18.2 Å². The Bertz CT molecular complexity index is 476. The van der Waals surface area contributed by atoms with Crippen molar-refractivity contribution >= 4 is 21.6 Å². The molecule has 1 unspecified atom stereocenters. The van der Waals surface area contributed by atoms with Crippen LogP contribution in [0.1, 0.15) is 24.0 Å². The summed E-state index contributed by atoms with van der Waals surface area (Å²) >= 11 is 3.44. The normalized spacial score (nSPS) is 12.4. The molecule has 2 aromatic carbocycles. The fourth-order valence-electron chi connectivity index (χ4n) is 1.77. The van der Waals surface area contributed by atoms with E-state index in [1.54, 1.807) is 0 Å². The van der Waals surface area contributed by atoms with E-state index < -0.39 is 0 Å². The van der Waals surface area contributed by atoms with Gasteiger partial charge in [-0.05, 0) is 35.4 Å². The fraction of sp³-hybridized carbons (Fsp3) is 0.143. The van der Waals surface area contributed by atoms with Crippen LogP contribution in [0.25, 0.3) is 0 Å². The average molecular weight is 276 g/mol. The molecule has 16 heavy (non-hydrogen) atoms. The largest absolute Gasteiger partial charge is 0.399 e. The first kappa shape index (κ1) is 11.2. The first-order valence-corrected chi connectivity index (χ1v) is 6.07. The summed E-state index contributed by atoms with van der Waals surface area (Å²) in [4.78, 5) is 0. The first-order chi connectivity index (χ1) is 7.66. The lowest BCUT2D eigenvalue weighted by Gasteiger charge is -2.13. The molecule has 0 saturated carbocycles. The maximum Gasteiger partial charge on any atom is 0.0316 e. The van der Waals surface area contributed by atoms with Gasteiger partial charge in [0.2, 0.25) is 0 Å². The van der Waals surface area contributed by atoms with Crippen molar-refractivity contribution in [1.29, 1.82) is 0 Å². The zero-order valence-corrected chi connectivity index (χ0v) is 10.7. The Labute approximate surface area is 104 Å². The monoisotopic (exact) mass is 275 g/mol. The molecule has 0 fully saturated rings. The molecule has 0 aliphatic carbocycles. The molecular weight excluding hydrogens is 262 g/mol. The van der Waals surface area contributed by atoms with Crippen LogP contribution < -0.4 is 5.73 Å². The number of rotatable bonds is 2. The van der Waals surface area contributed by atoms with Crippen LogP contribution in [-0.2, 0) is 0 Å². The lowest BCUT2D eigenvalue weighted by atomic mass is 9.93. The van der Waals surface area contributed by atoms with Crippen molar-refractivity contribution in [1.82, 2.24) is 0 Å². The van der Waals surface area contributed by atoms with Gasteiger partial charge in [0.1, 0.15) is 0 Å². The number of halogens is 1. The van der Waals surface area contributed by atoms with Crippen LogP contribution in [-0.4, -0.2) is 0 Å². The Balaban J connectivity index is 2.31. The fourth-order valence-corrected chi connectivity index (χ4v) is 2.04. The summed E-state index contributed by atoms with van der Waals surface area (Å²) in [5.41, 5.74) is 9.16. The molecule has 1 nitrogen and oxygen atoms in total. The van der Waals surface area contributed by atoms with E-state index in [-0.39, 0.29) is 0 Å². The quantitative estimate of drug-likeness (QED) is 0.818. The van der Waals surface area contributed by atoms with Gasteiger partial charge in [-0.1, -0.05) is 47.1 Å². The molecule has 0 saturated heterocycles. The number of nitrogen functional groups attached to an aromatic ring is 1. The number of benzene rings is 2. The van der Waals surface area contributed by atoms with Gasteiger partial charge in [0.25, 0.3) is 0 Å². The molecule has 0 bridgehead atoms. The zero-order valence-electron chi connectivity index (χ0n) is 9.15. The van der Waals surface area contributed by atoms with E-state index in [2.05, 4.69) is 53.2 Å². The van der Waals surface area contributed by atoms with Gasteiger partial charge in [-0.15, -0.1) is 0 Å². The summed E-state index contributed by atoms with van der Waals surface area (Å²) in [7, 11) is 0. The molecule has 0 aliphatic heterocycles. The maximum absolute atomic E-state index is 5.79. The Morgan fingerprint density at radius 1 is 1.00 bits per heavy atom. The minimum atomic E-state index is 0.372. The molecule has 0 aromatic heterocycles. The highest BCUT2D eigenvalue weighted by molar-refractivity contribution is 9.10. The molecule has 2 aromatic rings. The van der Waals surface area contributed by atoms with Crippen LogP contribution in [0.5, 0.6) is 0 Å². The smallest absolute Gasteiger partial charge is 0.0316 e. The average Bonchev–Trinajstić information content (AvgIpc) is 2.29. The molecule has 0 radical (unpaired) electrons. The molecule has 2 rings (SSSR count). The molecule has 2 heteroatoms. The Morgan fingerprint density at radius 2 is 1.69 bits per heavy atom. The predicted molar refractivity (Wildman–Crippen MR) is 72.5 cm³/mol. The second-order valence-electron chi connectivity index (χ2n) is 3.94. The van der Waals surface area contributed by atoms with Crippen LogP contribution in [0.2, 0.25) is 0 Å². The van der Waals surface area contributed by atoms with Crippen molar-refractivity contribution in [3.63, 3.8) is 0 Å². The molecular formula is C14H14BrN. The summed E-state index contributed by atoms with van der Waals surface area (Å²) in [6.45, 7) is 2.19. The second kappa shape index (κ2) is 4.71. The Hall–Kier alpha value is -1.28. The summed E-state index contributed by atoms with van der Waals surface area (Å²) in [5.74, 6) is 0.372. The van der Waals surface area contributed by atoms with Crippen LogP contribution in [0.4, 0.5) is 5.69 Å². The van der Waals surface area contributed by atoms with Crippen LogP contribution in [0.3, 0.4) is 0 Å². The topological polar surface area (TPSA) is 26.0 Å². The summed E-state index contributed by atoms with van der Waals surface area (Å²) < 4.78 is 1.11. The summed E-state index contributed by atoms with van der Waals surface area (Å²) in [5, 5.41) is 0. The minimum Gasteiger partial charge on any atom is -0.399 e. The van der Waals surface area contributed by atoms with Crippen LogP contribution in [0, 0.1) is 0 Å². The second-order valence-corrected chi connectivity index (χ2v) is 4.86. The van der Waals surface area contributed by atoms with Crippen molar-refractivity contribution < 1.29 is 0 Å². The predicted octanol–water partition coefficient (Wildman–Crippen LogP) is 4.18. The molecule has 82 valence electrons. The number of hydrogen-bond donors (Lipinski definition) is 1. The van der Waals surface area contributed by atoms with Gasteiger partial charge < -0.3 is 5.73 Å². The minimum absolute atomic E-state index is 0.372. The summed E-state index contributed by atoms with van der Waals surface area (Å²) in [6.07, 6.45) is 0. The van der Waals surface area contributed by atoms with Crippen LogP contribution in [0.15, 0.2) is 53.0 Å². The SMILES string of the molecule is CC(c1ccc(Br)cc1)c1cccc(N)c1. The molecule has 0 aliphatic rings. The highest BCUT2D eigenvalue weighted by Gasteiger charge is 2.07. The highest BCUT2D eigenvalue weighted by Crippen LogP contribution is 2.26. The van der Waals surface area contributed by atoms with Crippen molar-refractivity contribution in [3.05, 3.63) is 64.1 Å². The van der Waals surface area contributed by atoms with Crippen molar-refractivity contribution in [2.45, 2.75) is 12.8 Å². The van der Waals surface area contributed by atoms with Crippen molar-refractivity contribution in [3.8, 4) is 0 Å². The van der Waals surface area contributed by atoms with Gasteiger partial charge in [0.15, 0.2) is 0 Å². The number of hydrogen-bond acceptors (Lipinski definition) is 1. The van der Waals surface area contributed by atoms with Gasteiger partial charge >= 0.3 is 0 Å². The van der Waals surface area contributed by atoms with Gasteiger partial charge in [-0.25, -0.2) is 0 Å². The van der Waals surface area contributed by atoms with Gasteiger partial charge in [-0.3, -0.25) is 0 Å². The Morgan fingerprint density at radius 3 is 2.31 bits per heavy atom. The van der Waals surface area contributed by atoms with E-state index in [4.69, 9.17) is 5.73 Å². The van der Waals surface area contributed by atoms with E-state index in [9.17, 15) is 0 Å². The first-order valence-electron chi connectivity index (χ1n) is 5.28. The van der Waals surface area contributed by atoms with E-state index in [0.717, 1.165) is 10.2 Å². The van der Waals surface area contributed by atoms with Gasteiger partial charge in [0.05, 0.1) is 0 Å². The standard InChI is InChI=1S/C14H14BrN/c1-10(11-5-7-13(15)8-6-11)12-3-2-4-14(16)9-12/h2-10H,16H2,1H3. The van der Waals surface area contributed by atoms with Crippen LogP contribution >= 0.6 is 15.9 Å².